The van der Waals surface area contributed by atoms with Crippen molar-refractivity contribution in [2.24, 2.45) is 16.6 Å². The molecule has 0 spiro atoms. The van der Waals surface area contributed by atoms with E-state index in [4.69, 9.17) is 11.5 Å². The van der Waals surface area contributed by atoms with Crippen molar-refractivity contribution in [3.8, 4) is 0 Å². The first-order valence-electron chi connectivity index (χ1n) is 7.94. The van der Waals surface area contributed by atoms with Crippen LogP contribution in [0.5, 0.6) is 0 Å². The minimum atomic E-state index is -0.291. The second-order valence-electron chi connectivity index (χ2n) is 6.08. The molecular weight excluding hydrogens is 278 g/mol. The molecule has 22 heavy (non-hydrogen) atoms. The van der Waals surface area contributed by atoms with Gasteiger partial charge in [-0.25, -0.2) is 0 Å². The zero-order chi connectivity index (χ0) is 15.7. The van der Waals surface area contributed by atoms with Crippen LogP contribution in [-0.4, -0.2) is 28.9 Å². The van der Waals surface area contributed by atoms with Gasteiger partial charge in [0.05, 0.1) is 11.6 Å². The van der Waals surface area contributed by atoms with E-state index in [1.807, 2.05) is 0 Å². The van der Waals surface area contributed by atoms with E-state index in [1.54, 1.807) is 13.3 Å². The van der Waals surface area contributed by atoms with Gasteiger partial charge >= 0.3 is 0 Å². The molecule has 2 aliphatic rings. The Morgan fingerprint density at radius 3 is 2.77 bits per heavy atom. The van der Waals surface area contributed by atoms with Gasteiger partial charge in [-0.15, -0.1) is 0 Å². The number of aliphatic imine (C=N–C) groups is 1. The quantitative estimate of drug-likeness (QED) is 0.812. The molecule has 0 aromatic carbocycles. The number of hydrogen-bond acceptors (Lipinski definition) is 5. The number of nitrogens with two attached hydrogens (primary N) is 2. The predicted octanol–water partition coefficient (Wildman–Crippen LogP) is 1.70. The summed E-state index contributed by atoms with van der Waals surface area (Å²) in [7, 11) is 1.69. The lowest BCUT2D eigenvalue weighted by atomic mass is 9.85. The van der Waals surface area contributed by atoms with Crippen molar-refractivity contribution in [1.82, 2.24) is 9.78 Å². The van der Waals surface area contributed by atoms with E-state index >= 15 is 0 Å². The van der Waals surface area contributed by atoms with E-state index in [1.165, 1.54) is 4.68 Å². The highest BCUT2D eigenvalue weighted by molar-refractivity contribution is 5.94. The van der Waals surface area contributed by atoms with Gasteiger partial charge in [-0.1, -0.05) is 0 Å². The molecular formula is C16H23N5O. The molecule has 1 unspecified atom stereocenters. The fourth-order valence-corrected chi connectivity index (χ4v) is 3.48. The Hall–Kier alpha value is -2.11. The van der Waals surface area contributed by atoms with E-state index in [0.717, 1.165) is 67.5 Å². The monoisotopic (exact) mass is 301 g/mol. The van der Waals surface area contributed by atoms with Crippen LogP contribution in [0.25, 0.3) is 0 Å². The number of aryl methyl sites for hydroxylation is 1. The van der Waals surface area contributed by atoms with Gasteiger partial charge in [0, 0.05) is 30.1 Å². The molecule has 0 fully saturated rings. The maximum atomic E-state index is 12.9. The van der Waals surface area contributed by atoms with Gasteiger partial charge < -0.3 is 11.5 Å². The first-order chi connectivity index (χ1) is 10.6. The van der Waals surface area contributed by atoms with Crippen LogP contribution in [-0.2, 0) is 12.8 Å². The number of aromatic nitrogens is 2. The van der Waals surface area contributed by atoms with E-state index in [9.17, 15) is 4.79 Å². The number of rotatable bonds is 2. The summed E-state index contributed by atoms with van der Waals surface area (Å²) in [5.41, 5.74) is 15.9. The Morgan fingerprint density at radius 1 is 1.27 bits per heavy atom. The first-order valence-corrected chi connectivity index (χ1v) is 7.94. The second-order valence-corrected chi connectivity index (χ2v) is 6.08. The number of nitrogens with zero attached hydrogens (tertiary/aromatic N) is 3. The van der Waals surface area contributed by atoms with E-state index in [2.05, 4.69) is 10.1 Å². The Bertz CT molecular complexity index is 656. The number of hydrogen-bond donors (Lipinski definition) is 2. The lowest BCUT2D eigenvalue weighted by molar-refractivity contribution is 0.0833. The summed E-state index contributed by atoms with van der Waals surface area (Å²) in [6.07, 6.45) is 8.25. The molecule has 6 nitrogen and oxygen atoms in total. The predicted molar refractivity (Wildman–Crippen MR) is 86.9 cm³/mol. The van der Waals surface area contributed by atoms with Crippen LogP contribution in [0.15, 0.2) is 16.3 Å². The average Bonchev–Trinajstić information content (AvgIpc) is 2.86. The molecule has 4 N–H and O–H groups in total. The fourth-order valence-electron chi connectivity index (χ4n) is 3.48. The Labute approximate surface area is 130 Å². The fraction of sp³-hybridized carbons (Fsp3) is 0.562. The molecule has 1 heterocycles. The number of nitrogen functional groups attached to an aromatic ring is 1. The number of carbonyl (C=O) groups is 1. The molecule has 1 aromatic heterocycles. The van der Waals surface area contributed by atoms with Gasteiger partial charge in [0.2, 0.25) is 0 Å². The first kappa shape index (κ1) is 14.8. The van der Waals surface area contributed by atoms with Crippen molar-refractivity contribution < 1.29 is 4.79 Å². The summed E-state index contributed by atoms with van der Waals surface area (Å²) in [5.74, 6) is 0.141. The van der Waals surface area contributed by atoms with Crippen LogP contribution < -0.4 is 11.5 Å². The second kappa shape index (κ2) is 5.94. The zero-order valence-corrected chi connectivity index (χ0v) is 13.0. The smallest absolute Gasteiger partial charge is 0.256 e. The molecule has 0 saturated carbocycles. The topological polar surface area (TPSA) is 99.3 Å². The number of allylic oxidation sites excluding steroid dienone is 2. The lowest BCUT2D eigenvalue weighted by Crippen LogP contribution is -2.30. The van der Waals surface area contributed by atoms with Crippen molar-refractivity contribution in [2.45, 2.75) is 44.9 Å². The average molecular weight is 301 g/mol. The molecule has 0 bridgehead atoms. The SMILES string of the molecule is CN=CC1=C(N)CCCC1C(=O)n1nc2c(c1N)CCCC2. The minimum Gasteiger partial charge on any atom is -0.402 e. The van der Waals surface area contributed by atoms with Gasteiger partial charge in [-0.3, -0.25) is 9.79 Å². The van der Waals surface area contributed by atoms with Crippen molar-refractivity contribution in [3.63, 3.8) is 0 Å². The number of carbonyl (C=O) groups excluding carboxylic acids is 1. The summed E-state index contributed by atoms with van der Waals surface area (Å²) in [5, 5.41) is 4.48. The zero-order valence-electron chi connectivity index (χ0n) is 13.0. The molecule has 6 heteroatoms. The summed E-state index contributed by atoms with van der Waals surface area (Å²) in [6.45, 7) is 0. The third-order valence-corrected chi connectivity index (χ3v) is 4.66. The van der Waals surface area contributed by atoms with Gasteiger partial charge in [0.1, 0.15) is 5.82 Å². The van der Waals surface area contributed by atoms with Crippen LogP contribution in [0.2, 0.25) is 0 Å². The Balaban J connectivity index is 1.97. The molecule has 0 radical (unpaired) electrons. The van der Waals surface area contributed by atoms with Crippen molar-refractivity contribution in [2.75, 3.05) is 12.8 Å². The molecule has 0 amide bonds. The van der Waals surface area contributed by atoms with Crippen LogP contribution in [0.4, 0.5) is 5.82 Å². The van der Waals surface area contributed by atoms with Crippen molar-refractivity contribution in [1.29, 1.82) is 0 Å². The standard InChI is InChI=1S/C16H23N5O/c1-19-9-12-10(6-4-7-13(12)17)16(22)21-15(18)11-5-2-3-8-14(11)20-21/h9-10H,2-8,17-18H2,1H3. The highest BCUT2D eigenvalue weighted by Crippen LogP contribution is 2.31. The molecule has 3 rings (SSSR count). The summed E-state index contributed by atoms with van der Waals surface area (Å²) in [4.78, 5) is 17.0. The van der Waals surface area contributed by atoms with Crippen molar-refractivity contribution >= 4 is 17.9 Å². The maximum Gasteiger partial charge on any atom is 0.256 e. The maximum absolute atomic E-state index is 12.9. The summed E-state index contributed by atoms with van der Waals surface area (Å²) in [6, 6.07) is 0. The lowest BCUT2D eigenvalue weighted by Gasteiger charge is -2.23. The third-order valence-electron chi connectivity index (χ3n) is 4.66. The molecule has 0 aliphatic heterocycles. The van der Waals surface area contributed by atoms with Gasteiger partial charge in [0.25, 0.3) is 5.91 Å². The largest absolute Gasteiger partial charge is 0.402 e. The van der Waals surface area contributed by atoms with Crippen LogP contribution in [0, 0.1) is 5.92 Å². The summed E-state index contributed by atoms with van der Waals surface area (Å²) >= 11 is 0. The molecule has 1 atom stereocenters. The molecule has 0 saturated heterocycles. The summed E-state index contributed by atoms with van der Waals surface area (Å²) < 4.78 is 1.41. The van der Waals surface area contributed by atoms with E-state index in [0.29, 0.717) is 5.82 Å². The Morgan fingerprint density at radius 2 is 2.05 bits per heavy atom. The van der Waals surface area contributed by atoms with E-state index < -0.39 is 0 Å². The van der Waals surface area contributed by atoms with Crippen molar-refractivity contribution in [3.05, 3.63) is 22.5 Å². The number of fused-ring (bicyclic) bond motifs is 1. The minimum absolute atomic E-state index is 0.0792. The Kier molecular flexibility index (Phi) is 4.00. The van der Waals surface area contributed by atoms with E-state index in [-0.39, 0.29) is 11.8 Å². The molecule has 1 aromatic rings. The highest BCUT2D eigenvalue weighted by Gasteiger charge is 2.31. The normalized spacial score (nSPS) is 22.1. The molecule has 118 valence electrons. The van der Waals surface area contributed by atoms with Crippen LogP contribution in [0.3, 0.4) is 0 Å². The van der Waals surface area contributed by atoms with Crippen LogP contribution >= 0.6 is 0 Å². The van der Waals surface area contributed by atoms with Gasteiger partial charge in [0.15, 0.2) is 0 Å². The van der Waals surface area contributed by atoms with Crippen LogP contribution in [0.1, 0.15) is 48.2 Å². The highest BCUT2D eigenvalue weighted by atomic mass is 16.2. The van der Waals surface area contributed by atoms with Gasteiger partial charge in [-0.05, 0) is 44.9 Å². The molecule has 2 aliphatic carbocycles. The third kappa shape index (κ3) is 2.42. The number of anilines is 1. The van der Waals surface area contributed by atoms with Gasteiger partial charge in [-0.2, -0.15) is 9.78 Å².